The van der Waals surface area contributed by atoms with Gasteiger partial charge in [-0.3, -0.25) is 0 Å². The summed E-state index contributed by atoms with van der Waals surface area (Å²) in [6.45, 7) is 0.766. The van der Waals surface area contributed by atoms with E-state index in [2.05, 4.69) is 5.32 Å². The smallest absolute Gasteiger partial charge is 0.0680 e. The Hall–Kier alpha value is 0.170. The lowest BCUT2D eigenvalue weighted by Gasteiger charge is -2.01. The third kappa shape index (κ3) is 2.49. The van der Waals surface area contributed by atoms with Gasteiger partial charge in [0.05, 0.1) is 12.7 Å². The quantitative estimate of drug-likeness (QED) is 0.459. The van der Waals surface area contributed by atoms with Crippen molar-refractivity contribution < 1.29 is 10.2 Å². The monoisotopic (exact) mass is 153 g/mol. The van der Waals surface area contributed by atoms with E-state index in [1.165, 1.54) is 0 Å². The van der Waals surface area contributed by atoms with Crippen molar-refractivity contribution in [3.05, 3.63) is 0 Å². The van der Waals surface area contributed by atoms with Gasteiger partial charge >= 0.3 is 0 Å². The van der Waals surface area contributed by atoms with Gasteiger partial charge in [-0.05, 0) is 6.42 Å². The van der Waals surface area contributed by atoms with Gasteiger partial charge in [0.25, 0.3) is 0 Å². The molecule has 0 unspecified atom stereocenters. The molecule has 56 valence electrons. The highest BCUT2D eigenvalue weighted by Gasteiger charge is 2.20. The number of rotatable bonds is 1. The SMILES string of the molecule is Cl.OC[C@@H]1C[C@H](O)CN1. The Morgan fingerprint density at radius 3 is 2.44 bits per heavy atom. The molecule has 1 aliphatic rings. The van der Waals surface area contributed by atoms with Crippen LogP contribution in [0.25, 0.3) is 0 Å². The fourth-order valence-electron chi connectivity index (χ4n) is 0.937. The lowest BCUT2D eigenvalue weighted by molar-refractivity contribution is 0.184. The van der Waals surface area contributed by atoms with E-state index in [-0.39, 0.29) is 31.2 Å². The second-order valence-corrected chi connectivity index (χ2v) is 2.18. The van der Waals surface area contributed by atoms with Crippen LogP contribution in [0.2, 0.25) is 0 Å². The minimum Gasteiger partial charge on any atom is -0.395 e. The molecule has 0 bridgehead atoms. The summed E-state index contributed by atoms with van der Waals surface area (Å²) in [5, 5.41) is 20.3. The summed E-state index contributed by atoms with van der Waals surface area (Å²) in [5.74, 6) is 0. The first-order valence-corrected chi connectivity index (χ1v) is 2.85. The average Bonchev–Trinajstić information content (AvgIpc) is 2.14. The van der Waals surface area contributed by atoms with E-state index < -0.39 is 0 Å². The van der Waals surface area contributed by atoms with E-state index in [0.29, 0.717) is 13.0 Å². The van der Waals surface area contributed by atoms with Crippen LogP contribution in [0.5, 0.6) is 0 Å². The maximum atomic E-state index is 8.86. The van der Waals surface area contributed by atoms with E-state index in [1.807, 2.05) is 0 Å². The molecule has 0 radical (unpaired) electrons. The van der Waals surface area contributed by atoms with Crippen LogP contribution < -0.4 is 5.32 Å². The Morgan fingerprint density at radius 1 is 1.56 bits per heavy atom. The van der Waals surface area contributed by atoms with Crippen LogP contribution in [0.15, 0.2) is 0 Å². The predicted octanol–water partition coefficient (Wildman–Crippen LogP) is -0.877. The van der Waals surface area contributed by atoms with Gasteiger partial charge < -0.3 is 15.5 Å². The number of β-amino-alcohol motifs (C(OH)–C–C–N with tert-alkyl or cyclic N) is 1. The first-order valence-electron chi connectivity index (χ1n) is 2.85. The first kappa shape index (κ1) is 9.17. The van der Waals surface area contributed by atoms with Crippen LogP contribution in [-0.4, -0.2) is 35.5 Å². The molecule has 1 aliphatic heterocycles. The van der Waals surface area contributed by atoms with Crippen molar-refractivity contribution >= 4 is 12.4 Å². The van der Waals surface area contributed by atoms with Crippen molar-refractivity contribution in [2.45, 2.75) is 18.6 Å². The molecule has 0 aliphatic carbocycles. The molecular weight excluding hydrogens is 142 g/mol. The van der Waals surface area contributed by atoms with Crippen LogP contribution in [0.3, 0.4) is 0 Å². The summed E-state index contributed by atoms with van der Waals surface area (Å²) in [6.07, 6.45) is 0.448. The Balaban J connectivity index is 0.000000640. The predicted molar refractivity (Wildman–Crippen MR) is 36.7 cm³/mol. The van der Waals surface area contributed by atoms with E-state index in [4.69, 9.17) is 10.2 Å². The molecule has 4 heteroatoms. The summed E-state index contributed by atoms with van der Waals surface area (Å²) < 4.78 is 0. The van der Waals surface area contributed by atoms with Gasteiger partial charge in [0.15, 0.2) is 0 Å². The molecule has 0 saturated carbocycles. The third-order valence-electron chi connectivity index (χ3n) is 1.42. The van der Waals surface area contributed by atoms with E-state index in [9.17, 15) is 0 Å². The zero-order valence-electron chi connectivity index (χ0n) is 5.08. The molecular formula is C5H12ClNO2. The highest BCUT2D eigenvalue weighted by atomic mass is 35.5. The Morgan fingerprint density at radius 2 is 2.22 bits per heavy atom. The van der Waals surface area contributed by atoms with Gasteiger partial charge in [-0.1, -0.05) is 0 Å². The molecule has 0 amide bonds. The van der Waals surface area contributed by atoms with E-state index >= 15 is 0 Å². The highest BCUT2D eigenvalue weighted by molar-refractivity contribution is 5.85. The average molecular weight is 154 g/mol. The molecule has 9 heavy (non-hydrogen) atoms. The van der Waals surface area contributed by atoms with Crippen LogP contribution in [0.1, 0.15) is 6.42 Å². The summed E-state index contributed by atoms with van der Waals surface area (Å²) in [4.78, 5) is 0. The number of halogens is 1. The zero-order valence-corrected chi connectivity index (χ0v) is 5.90. The van der Waals surface area contributed by atoms with Crippen molar-refractivity contribution in [2.24, 2.45) is 0 Å². The Labute approximate surface area is 60.5 Å². The molecule has 3 nitrogen and oxygen atoms in total. The Kier molecular flexibility index (Phi) is 4.14. The second kappa shape index (κ2) is 4.06. The maximum absolute atomic E-state index is 8.86. The second-order valence-electron chi connectivity index (χ2n) is 2.18. The number of aliphatic hydroxyl groups is 2. The molecule has 1 saturated heterocycles. The summed E-state index contributed by atoms with van der Waals surface area (Å²) in [6, 6.07) is 0.130. The van der Waals surface area contributed by atoms with Crippen LogP contribution in [0, 0.1) is 0 Å². The number of hydrogen-bond donors (Lipinski definition) is 3. The molecule has 0 spiro atoms. The van der Waals surface area contributed by atoms with Crippen molar-refractivity contribution in [1.82, 2.24) is 5.32 Å². The van der Waals surface area contributed by atoms with Gasteiger partial charge in [0.1, 0.15) is 0 Å². The lowest BCUT2D eigenvalue weighted by atomic mass is 10.2. The van der Waals surface area contributed by atoms with Gasteiger partial charge in [0, 0.05) is 12.6 Å². The summed E-state index contributed by atoms with van der Waals surface area (Å²) in [7, 11) is 0. The van der Waals surface area contributed by atoms with Gasteiger partial charge in [-0.2, -0.15) is 0 Å². The standard InChI is InChI=1S/C5H11NO2.ClH/c7-3-4-1-5(8)2-6-4;/h4-8H,1-3H2;1H/t4-,5-;/m0./s1. The van der Waals surface area contributed by atoms with Gasteiger partial charge in [-0.15, -0.1) is 12.4 Å². The molecule has 0 aromatic carbocycles. The van der Waals surface area contributed by atoms with E-state index in [1.54, 1.807) is 0 Å². The van der Waals surface area contributed by atoms with Crippen LogP contribution in [-0.2, 0) is 0 Å². The van der Waals surface area contributed by atoms with Crippen LogP contribution in [0.4, 0.5) is 0 Å². The van der Waals surface area contributed by atoms with E-state index in [0.717, 1.165) is 0 Å². The van der Waals surface area contributed by atoms with Gasteiger partial charge in [0.2, 0.25) is 0 Å². The minimum atomic E-state index is -0.243. The minimum absolute atomic E-state index is 0. The zero-order chi connectivity index (χ0) is 5.98. The summed E-state index contributed by atoms with van der Waals surface area (Å²) in [5.41, 5.74) is 0. The third-order valence-corrected chi connectivity index (χ3v) is 1.42. The molecule has 1 heterocycles. The first-order chi connectivity index (χ1) is 3.83. The maximum Gasteiger partial charge on any atom is 0.0680 e. The molecule has 1 rings (SSSR count). The van der Waals surface area contributed by atoms with Crippen molar-refractivity contribution in [3.63, 3.8) is 0 Å². The van der Waals surface area contributed by atoms with Gasteiger partial charge in [-0.25, -0.2) is 0 Å². The molecule has 1 fully saturated rings. The fourth-order valence-corrected chi connectivity index (χ4v) is 0.937. The topological polar surface area (TPSA) is 52.5 Å². The van der Waals surface area contributed by atoms with Crippen LogP contribution >= 0.6 is 12.4 Å². The molecule has 2 atom stereocenters. The Bertz CT molecular complexity index is 81.4. The summed E-state index contributed by atoms with van der Waals surface area (Å²) >= 11 is 0. The molecule has 3 N–H and O–H groups in total. The number of hydrogen-bond acceptors (Lipinski definition) is 3. The van der Waals surface area contributed by atoms with Crippen molar-refractivity contribution in [3.8, 4) is 0 Å². The number of aliphatic hydroxyl groups excluding tert-OH is 2. The molecule has 0 aromatic heterocycles. The van der Waals surface area contributed by atoms with Crippen molar-refractivity contribution in [2.75, 3.05) is 13.2 Å². The fraction of sp³-hybridized carbons (Fsp3) is 1.00. The lowest BCUT2D eigenvalue weighted by Crippen LogP contribution is -2.24. The largest absolute Gasteiger partial charge is 0.395 e. The number of nitrogens with one attached hydrogen (secondary N) is 1. The van der Waals surface area contributed by atoms with Crippen molar-refractivity contribution in [1.29, 1.82) is 0 Å². The molecule has 0 aromatic rings. The normalized spacial score (nSPS) is 34.0. The highest BCUT2D eigenvalue weighted by Crippen LogP contribution is 2.03.